The zero-order valence-corrected chi connectivity index (χ0v) is 10.8. The first-order valence-corrected chi connectivity index (χ1v) is 5.88. The van der Waals surface area contributed by atoms with Crippen molar-refractivity contribution in [2.24, 2.45) is 0 Å². The fourth-order valence-electron chi connectivity index (χ4n) is 1.67. The lowest BCUT2D eigenvalue weighted by atomic mass is 10.2. The first-order chi connectivity index (χ1) is 9.93. The molecule has 0 atom stereocenters. The Kier molecular flexibility index (Phi) is 3.97. The lowest BCUT2D eigenvalue weighted by Gasteiger charge is -2.06. The smallest absolute Gasteiger partial charge is 0.341 e. The molecule has 21 heavy (non-hydrogen) atoms. The van der Waals surface area contributed by atoms with E-state index in [1.807, 2.05) is 0 Å². The van der Waals surface area contributed by atoms with Crippen LogP contribution in [0, 0.1) is 11.6 Å². The van der Waals surface area contributed by atoms with E-state index in [2.05, 4.69) is 5.10 Å². The van der Waals surface area contributed by atoms with Crippen molar-refractivity contribution in [3.05, 3.63) is 47.3 Å². The van der Waals surface area contributed by atoms with Crippen LogP contribution in [0.5, 0.6) is 0 Å². The summed E-state index contributed by atoms with van der Waals surface area (Å²) in [6.45, 7) is 1.77. The molecule has 0 bridgehead atoms. The van der Waals surface area contributed by atoms with E-state index in [1.54, 1.807) is 6.92 Å². The van der Waals surface area contributed by atoms with E-state index in [0.717, 1.165) is 17.1 Å². The van der Waals surface area contributed by atoms with E-state index in [9.17, 15) is 18.4 Å². The van der Waals surface area contributed by atoms with Crippen LogP contribution in [0.2, 0.25) is 0 Å². The molecule has 110 valence electrons. The molecule has 1 aromatic heterocycles. The summed E-state index contributed by atoms with van der Waals surface area (Å²) in [5, 5.41) is 12.4. The summed E-state index contributed by atoms with van der Waals surface area (Å²) in [4.78, 5) is 22.2. The van der Waals surface area contributed by atoms with Crippen molar-refractivity contribution in [2.75, 3.05) is 6.61 Å². The molecule has 0 aliphatic heterocycles. The van der Waals surface area contributed by atoms with E-state index in [0.29, 0.717) is 12.1 Å². The van der Waals surface area contributed by atoms with E-state index in [1.165, 1.54) is 0 Å². The van der Waals surface area contributed by atoms with Gasteiger partial charge in [-0.05, 0) is 19.1 Å². The molecule has 0 saturated heterocycles. The quantitative estimate of drug-likeness (QED) is 0.873. The number of rotatable bonds is 4. The highest BCUT2D eigenvalue weighted by Gasteiger charge is 2.18. The third kappa shape index (κ3) is 2.88. The number of nitrogens with zero attached hydrogens (tertiary/aromatic N) is 2. The average molecular weight is 296 g/mol. The standard InChI is InChI=1S/C13H10F2N2O4/c1-2-21-13(20)8-5-16-17(6-8)11-9(14)3-7(12(18)19)4-10(11)15/h3-6H,2H2,1H3,(H,18,19). The minimum Gasteiger partial charge on any atom is -0.478 e. The number of ether oxygens (including phenoxy) is 1. The van der Waals surface area contributed by atoms with Crippen molar-refractivity contribution in [2.45, 2.75) is 6.92 Å². The van der Waals surface area contributed by atoms with E-state index < -0.39 is 34.8 Å². The molecule has 0 spiro atoms. The summed E-state index contributed by atoms with van der Waals surface area (Å²) in [5.41, 5.74) is -1.07. The number of carbonyl (C=O) groups is 2. The molecule has 0 saturated carbocycles. The maximum Gasteiger partial charge on any atom is 0.341 e. The van der Waals surface area contributed by atoms with Crippen LogP contribution < -0.4 is 0 Å². The number of aromatic carboxylic acids is 1. The van der Waals surface area contributed by atoms with Crippen LogP contribution in [0.1, 0.15) is 27.6 Å². The Bertz CT molecular complexity index is 689. The molecule has 1 heterocycles. The van der Waals surface area contributed by atoms with Crippen molar-refractivity contribution in [1.82, 2.24) is 9.78 Å². The van der Waals surface area contributed by atoms with Crippen molar-refractivity contribution in [3.8, 4) is 5.69 Å². The van der Waals surface area contributed by atoms with Crippen molar-refractivity contribution < 1.29 is 28.2 Å². The molecular formula is C13H10F2N2O4. The number of hydrogen-bond acceptors (Lipinski definition) is 4. The van der Waals surface area contributed by atoms with Crippen LogP contribution in [-0.2, 0) is 4.74 Å². The second-order valence-corrected chi connectivity index (χ2v) is 3.99. The Morgan fingerprint density at radius 2 is 1.90 bits per heavy atom. The molecule has 1 aromatic carbocycles. The molecule has 0 aliphatic carbocycles. The predicted molar refractivity (Wildman–Crippen MR) is 66.4 cm³/mol. The molecule has 0 unspecified atom stereocenters. The van der Waals surface area contributed by atoms with Gasteiger partial charge in [-0.15, -0.1) is 0 Å². The van der Waals surface area contributed by atoms with Gasteiger partial charge in [0.2, 0.25) is 0 Å². The van der Waals surface area contributed by atoms with Gasteiger partial charge in [-0.3, -0.25) is 0 Å². The number of esters is 1. The Morgan fingerprint density at radius 1 is 1.29 bits per heavy atom. The first-order valence-electron chi connectivity index (χ1n) is 5.88. The number of halogens is 2. The predicted octanol–water partition coefficient (Wildman–Crippen LogP) is 2.03. The first kappa shape index (κ1) is 14.6. The number of benzene rings is 1. The van der Waals surface area contributed by atoms with Gasteiger partial charge in [0.1, 0.15) is 5.69 Å². The molecular weight excluding hydrogens is 286 g/mol. The van der Waals surface area contributed by atoms with Crippen molar-refractivity contribution >= 4 is 11.9 Å². The van der Waals surface area contributed by atoms with Crippen molar-refractivity contribution in [1.29, 1.82) is 0 Å². The summed E-state index contributed by atoms with van der Waals surface area (Å²) in [6.07, 6.45) is 2.20. The van der Waals surface area contributed by atoms with Crippen LogP contribution in [-0.4, -0.2) is 33.4 Å². The Morgan fingerprint density at radius 3 is 2.43 bits per heavy atom. The zero-order valence-electron chi connectivity index (χ0n) is 10.8. The minimum atomic E-state index is -1.45. The van der Waals surface area contributed by atoms with Crippen LogP contribution >= 0.6 is 0 Å². The molecule has 0 aliphatic rings. The van der Waals surface area contributed by atoms with Gasteiger partial charge in [-0.2, -0.15) is 5.10 Å². The van der Waals surface area contributed by atoms with Gasteiger partial charge >= 0.3 is 11.9 Å². The Labute approximate surface area is 117 Å². The number of carbonyl (C=O) groups excluding carboxylic acids is 1. The van der Waals surface area contributed by atoms with E-state index >= 15 is 0 Å². The number of hydrogen-bond donors (Lipinski definition) is 1. The second kappa shape index (κ2) is 5.70. The molecule has 2 aromatic rings. The average Bonchev–Trinajstić information content (AvgIpc) is 2.87. The van der Waals surface area contributed by atoms with Crippen LogP contribution in [0.4, 0.5) is 8.78 Å². The molecule has 8 heteroatoms. The maximum absolute atomic E-state index is 13.8. The van der Waals surface area contributed by atoms with E-state index in [4.69, 9.17) is 9.84 Å². The summed E-state index contributed by atoms with van der Waals surface area (Å²) in [6, 6.07) is 1.35. The molecule has 2 rings (SSSR count). The monoisotopic (exact) mass is 296 g/mol. The molecule has 6 nitrogen and oxygen atoms in total. The fourth-order valence-corrected chi connectivity index (χ4v) is 1.67. The highest BCUT2D eigenvalue weighted by molar-refractivity contribution is 5.89. The van der Waals surface area contributed by atoms with Gasteiger partial charge in [0, 0.05) is 6.20 Å². The molecule has 0 radical (unpaired) electrons. The van der Waals surface area contributed by atoms with Gasteiger partial charge in [0.25, 0.3) is 0 Å². The van der Waals surface area contributed by atoms with Gasteiger partial charge in [0.05, 0.1) is 23.9 Å². The molecule has 1 N–H and O–H groups in total. The SMILES string of the molecule is CCOC(=O)c1cnn(-c2c(F)cc(C(=O)O)cc2F)c1. The Hall–Kier alpha value is -2.77. The molecule has 0 amide bonds. The lowest BCUT2D eigenvalue weighted by Crippen LogP contribution is -2.07. The van der Waals surface area contributed by atoms with E-state index in [-0.39, 0.29) is 12.2 Å². The van der Waals surface area contributed by atoms with Crippen molar-refractivity contribution in [3.63, 3.8) is 0 Å². The highest BCUT2D eigenvalue weighted by atomic mass is 19.1. The number of carboxylic acid groups (broad SMARTS) is 1. The summed E-state index contributed by atoms with van der Waals surface area (Å²) in [5.74, 6) is -4.34. The zero-order chi connectivity index (χ0) is 15.6. The third-order valence-electron chi connectivity index (χ3n) is 2.59. The van der Waals surface area contributed by atoms with Crippen LogP contribution in [0.25, 0.3) is 5.69 Å². The maximum atomic E-state index is 13.8. The van der Waals surface area contributed by atoms with Gasteiger partial charge in [-0.1, -0.05) is 0 Å². The summed E-state index contributed by atoms with van der Waals surface area (Å²) < 4.78 is 33.2. The lowest BCUT2D eigenvalue weighted by molar-refractivity contribution is 0.0525. The van der Waals surface area contributed by atoms with Crippen LogP contribution in [0.15, 0.2) is 24.5 Å². The largest absolute Gasteiger partial charge is 0.478 e. The Balaban J connectivity index is 2.43. The van der Waals surface area contributed by atoms with Gasteiger partial charge in [-0.25, -0.2) is 23.1 Å². The van der Waals surface area contributed by atoms with Gasteiger partial charge < -0.3 is 9.84 Å². The number of aromatic nitrogens is 2. The number of carboxylic acids is 1. The normalized spacial score (nSPS) is 10.4. The summed E-state index contributed by atoms with van der Waals surface area (Å²) >= 11 is 0. The second-order valence-electron chi connectivity index (χ2n) is 3.99. The topological polar surface area (TPSA) is 81.4 Å². The molecule has 0 fully saturated rings. The van der Waals surface area contributed by atoms with Gasteiger partial charge in [0.15, 0.2) is 11.6 Å². The van der Waals surface area contributed by atoms with Crippen LogP contribution in [0.3, 0.4) is 0 Å². The summed E-state index contributed by atoms with van der Waals surface area (Å²) in [7, 11) is 0. The minimum absolute atomic E-state index is 0.0259. The highest BCUT2D eigenvalue weighted by Crippen LogP contribution is 2.20. The third-order valence-corrected chi connectivity index (χ3v) is 2.59. The fraction of sp³-hybridized carbons (Fsp3) is 0.154.